The molecule has 4 heteroatoms. The predicted molar refractivity (Wildman–Crippen MR) is 117 cm³/mol. The molecule has 28 heavy (non-hydrogen) atoms. The Hall–Kier alpha value is -2.85. The Bertz CT molecular complexity index is 1020. The van der Waals surface area contributed by atoms with Crippen LogP contribution in [-0.2, 0) is 13.1 Å². The highest BCUT2D eigenvalue weighted by Crippen LogP contribution is 2.29. The second-order valence-electron chi connectivity index (χ2n) is 7.30. The van der Waals surface area contributed by atoms with Crippen LogP contribution in [0.5, 0.6) is 0 Å². The Morgan fingerprint density at radius 1 is 0.929 bits per heavy atom. The highest BCUT2D eigenvalue weighted by Gasteiger charge is 2.23. The number of rotatable bonds is 6. The van der Waals surface area contributed by atoms with E-state index in [2.05, 4.69) is 54.1 Å². The molecule has 4 aromatic rings. The predicted octanol–water partition coefficient (Wildman–Crippen LogP) is 6.13. The van der Waals surface area contributed by atoms with Crippen LogP contribution in [0.4, 0.5) is 0 Å². The number of hydrogen-bond acceptors (Lipinski definition) is 2. The van der Waals surface area contributed by atoms with Crippen LogP contribution in [0.2, 0.25) is 0 Å². The second kappa shape index (κ2) is 8.03. The summed E-state index contributed by atoms with van der Waals surface area (Å²) in [6.45, 7) is 5.44. The molecule has 3 nitrogen and oxygen atoms in total. The molecule has 142 valence electrons. The maximum atomic E-state index is 13.7. The van der Waals surface area contributed by atoms with Crippen LogP contribution in [0.15, 0.2) is 78.2 Å². The summed E-state index contributed by atoms with van der Waals surface area (Å²) < 4.78 is 3.33. The van der Waals surface area contributed by atoms with Crippen molar-refractivity contribution in [3.05, 3.63) is 95.0 Å². The maximum absolute atomic E-state index is 13.7. The molecule has 0 unspecified atom stereocenters. The van der Waals surface area contributed by atoms with Crippen LogP contribution in [0.25, 0.3) is 10.2 Å². The molecule has 0 saturated heterocycles. The Morgan fingerprint density at radius 3 is 2.04 bits per heavy atom. The van der Waals surface area contributed by atoms with Crippen LogP contribution < -0.4 is 0 Å². The van der Waals surface area contributed by atoms with Crippen molar-refractivity contribution >= 4 is 27.5 Å². The molecule has 0 N–H and O–H groups in total. The number of hydrogen-bond donors (Lipinski definition) is 0. The zero-order valence-corrected chi connectivity index (χ0v) is 17.0. The molecule has 0 radical (unpaired) electrons. The number of carbonyl (C=O) groups is 1. The third-order valence-electron chi connectivity index (χ3n) is 4.92. The lowest BCUT2D eigenvalue weighted by molar-refractivity contribution is 0.0718. The quantitative estimate of drug-likeness (QED) is 0.390. The minimum absolute atomic E-state index is 0.0739. The SMILES string of the molecule is CC(C)n1c(C(=O)N(Cc2ccccc2)Cc2ccccc2)cc2sccc21. The zero-order valence-electron chi connectivity index (χ0n) is 16.2. The van der Waals surface area contributed by atoms with E-state index in [1.807, 2.05) is 47.4 Å². The molecule has 0 aliphatic rings. The van der Waals surface area contributed by atoms with Crippen LogP contribution in [0.1, 0.15) is 41.5 Å². The van der Waals surface area contributed by atoms with Gasteiger partial charge in [0.25, 0.3) is 5.91 Å². The summed E-state index contributed by atoms with van der Waals surface area (Å²) in [4.78, 5) is 15.6. The van der Waals surface area contributed by atoms with E-state index in [4.69, 9.17) is 0 Å². The standard InChI is InChI=1S/C24H24N2OS/c1-18(2)26-21-13-14-28-23(21)15-22(26)24(27)25(16-19-9-5-3-6-10-19)17-20-11-7-4-8-12-20/h3-15,18H,16-17H2,1-2H3. The van der Waals surface area contributed by atoms with Gasteiger partial charge in [0.2, 0.25) is 0 Å². The van der Waals surface area contributed by atoms with E-state index in [9.17, 15) is 4.79 Å². The second-order valence-corrected chi connectivity index (χ2v) is 8.24. The molecule has 2 aromatic carbocycles. The molecule has 0 fully saturated rings. The summed E-state index contributed by atoms with van der Waals surface area (Å²) in [5.41, 5.74) is 4.18. The van der Waals surface area contributed by atoms with E-state index in [0.717, 1.165) is 27.0 Å². The van der Waals surface area contributed by atoms with Gasteiger partial charge in [0.05, 0.1) is 10.2 Å². The lowest BCUT2D eigenvalue weighted by atomic mass is 10.1. The summed E-state index contributed by atoms with van der Waals surface area (Å²) in [5, 5.41) is 2.09. The average Bonchev–Trinajstić information content (AvgIpc) is 3.29. The molecule has 2 aromatic heterocycles. The average molecular weight is 389 g/mol. The third kappa shape index (κ3) is 3.73. The van der Waals surface area contributed by atoms with Gasteiger partial charge < -0.3 is 9.47 Å². The molecular weight excluding hydrogens is 364 g/mol. The van der Waals surface area contributed by atoms with Gasteiger partial charge in [-0.1, -0.05) is 60.7 Å². The molecule has 1 amide bonds. The Kier molecular flexibility index (Phi) is 5.31. The normalized spacial score (nSPS) is 11.2. The number of nitrogens with zero attached hydrogens (tertiary/aromatic N) is 2. The Balaban J connectivity index is 1.72. The number of carbonyl (C=O) groups excluding carboxylic acids is 1. The monoisotopic (exact) mass is 388 g/mol. The number of amides is 1. The fourth-order valence-electron chi connectivity index (χ4n) is 3.63. The van der Waals surface area contributed by atoms with E-state index >= 15 is 0 Å². The van der Waals surface area contributed by atoms with Crippen molar-refractivity contribution < 1.29 is 4.79 Å². The van der Waals surface area contributed by atoms with E-state index in [0.29, 0.717) is 13.1 Å². The van der Waals surface area contributed by atoms with Crippen molar-refractivity contribution in [1.82, 2.24) is 9.47 Å². The van der Waals surface area contributed by atoms with Crippen LogP contribution in [-0.4, -0.2) is 15.4 Å². The summed E-state index contributed by atoms with van der Waals surface area (Å²) in [6.07, 6.45) is 0. The molecule has 2 heterocycles. The lowest BCUT2D eigenvalue weighted by Crippen LogP contribution is -2.32. The van der Waals surface area contributed by atoms with Gasteiger partial charge in [-0.05, 0) is 42.5 Å². The maximum Gasteiger partial charge on any atom is 0.271 e. The smallest absolute Gasteiger partial charge is 0.271 e. The summed E-state index contributed by atoms with van der Waals surface area (Å²) in [5.74, 6) is 0.0739. The molecule has 0 aliphatic heterocycles. The van der Waals surface area contributed by atoms with E-state index in [1.54, 1.807) is 11.3 Å². The van der Waals surface area contributed by atoms with Gasteiger partial charge in [0.15, 0.2) is 0 Å². The highest BCUT2D eigenvalue weighted by molar-refractivity contribution is 7.17. The number of fused-ring (bicyclic) bond motifs is 1. The fraction of sp³-hybridized carbons (Fsp3) is 0.208. The molecule has 0 aliphatic carbocycles. The molecular formula is C24H24N2OS. The Morgan fingerprint density at radius 2 is 1.50 bits per heavy atom. The first-order valence-electron chi connectivity index (χ1n) is 9.59. The minimum Gasteiger partial charge on any atom is -0.333 e. The van der Waals surface area contributed by atoms with Crippen molar-refractivity contribution in [1.29, 1.82) is 0 Å². The van der Waals surface area contributed by atoms with Crippen molar-refractivity contribution in [2.75, 3.05) is 0 Å². The van der Waals surface area contributed by atoms with Crippen molar-refractivity contribution in [2.24, 2.45) is 0 Å². The minimum atomic E-state index is 0.0739. The fourth-order valence-corrected chi connectivity index (χ4v) is 4.45. The first-order chi connectivity index (χ1) is 13.6. The van der Waals surface area contributed by atoms with Gasteiger partial charge in [-0.2, -0.15) is 0 Å². The van der Waals surface area contributed by atoms with Crippen molar-refractivity contribution in [3.63, 3.8) is 0 Å². The van der Waals surface area contributed by atoms with Crippen LogP contribution >= 0.6 is 11.3 Å². The van der Waals surface area contributed by atoms with E-state index in [1.165, 1.54) is 0 Å². The van der Waals surface area contributed by atoms with Gasteiger partial charge in [-0.3, -0.25) is 4.79 Å². The lowest BCUT2D eigenvalue weighted by Gasteiger charge is -2.25. The number of benzene rings is 2. The highest BCUT2D eigenvalue weighted by atomic mass is 32.1. The topological polar surface area (TPSA) is 25.2 Å². The van der Waals surface area contributed by atoms with Gasteiger partial charge in [-0.15, -0.1) is 11.3 Å². The van der Waals surface area contributed by atoms with Gasteiger partial charge in [-0.25, -0.2) is 0 Å². The molecule has 0 atom stereocenters. The first-order valence-corrected chi connectivity index (χ1v) is 10.5. The molecule has 0 bridgehead atoms. The van der Waals surface area contributed by atoms with Crippen molar-refractivity contribution in [3.8, 4) is 0 Å². The third-order valence-corrected chi connectivity index (χ3v) is 5.77. The first kappa shape index (κ1) is 18.5. The van der Waals surface area contributed by atoms with Crippen LogP contribution in [0.3, 0.4) is 0 Å². The van der Waals surface area contributed by atoms with Crippen LogP contribution in [0, 0.1) is 0 Å². The summed E-state index contributed by atoms with van der Waals surface area (Å²) in [6, 6.07) is 24.8. The van der Waals surface area contributed by atoms with E-state index in [-0.39, 0.29) is 11.9 Å². The summed E-state index contributed by atoms with van der Waals surface area (Å²) >= 11 is 1.69. The summed E-state index contributed by atoms with van der Waals surface area (Å²) in [7, 11) is 0. The van der Waals surface area contributed by atoms with Gasteiger partial charge >= 0.3 is 0 Å². The molecule has 0 saturated carbocycles. The largest absolute Gasteiger partial charge is 0.333 e. The number of aromatic nitrogens is 1. The Labute approximate surface area is 169 Å². The van der Waals surface area contributed by atoms with E-state index < -0.39 is 0 Å². The number of thiophene rings is 1. The van der Waals surface area contributed by atoms with Gasteiger partial charge in [0.1, 0.15) is 5.69 Å². The molecule has 4 rings (SSSR count). The van der Waals surface area contributed by atoms with Crippen molar-refractivity contribution in [2.45, 2.75) is 33.0 Å². The van der Waals surface area contributed by atoms with Gasteiger partial charge in [0, 0.05) is 19.1 Å². The zero-order chi connectivity index (χ0) is 19.5. The molecule has 0 spiro atoms.